The quantitative estimate of drug-likeness (QED) is 0.273. The van der Waals surface area contributed by atoms with Crippen LogP contribution in [0.2, 0.25) is 0 Å². The van der Waals surface area contributed by atoms with E-state index in [0.29, 0.717) is 12.4 Å². The Morgan fingerprint density at radius 1 is 1.02 bits per heavy atom. The molecule has 1 aliphatic rings. The summed E-state index contributed by atoms with van der Waals surface area (Å²) in [5, 5.41) is 4.28. The van der Waals surface area contributed by atoms with Gasteiger partial charge in [0.15, 0.2) is 0 Å². The number of rotatable bonds is 7. The van der Waals surface area contributed by atoms with Crippen LogP contribution >= 0.6 is 0 Å². The summed E-state index contributed by atoms with van der Waals surface area (Å²) in [4.78, 5) is 30.3. The summed E-state index contributed by atoms with van der Waals surface area (Å²) in [5.74, 6) is 2.23. The molecule has 1 amide bonds. The first kappa shape index (κ1) is 25.5. The molecule has 0 bridgehead atoms. The second-order valence-corrected chi connectivity index (χ2v) is 10.3. The molecule has 0 spiro atoms. The van der Waals surface area contributed by atoms with Gasteiger partial charge in [-0.05, 0) is 81.5 Å². The topological polar surface area (TPSA) is 88.4 Å². The maximum absolute atomic E-state index is 13.1. The van der Waals surface area contributed by atoms with Gasteiger partial charge in [-0.25, -0.2) is 15.0 Å². The van der Waals surface area contributed by atoms with E-state index >= 15 is 0 Å². The van der Waals surface area contributed by atoms with Gasteiger partial charge >= 0.3 is 0 Å². The molecule has 202 valence electrons. The molecule has 40 heavy (non-hydrogen) atoms. The molecule has 1 aliphatic heterocycles. The number of fused-ring (bicyclic) bond motifs is 2. The van der Waals surface area contributed by atoms with E-state index in [1.807, 2.05) is 98.2 Å². The van der Waals surface area contributed by atoms with Gasteiger partial charge in [0.25, 0.3) is 5.91 Å². The standard InChI is InChI=1S/C31H31N7O2/c1-20-15-22(5-10-29(20)40-24-7-9-28-27(17-24)34-19-37(28)4)35-30-25-16-23(6-8-26(25)32-18-33-30)38-14-12-21(31(38)39)11-13-36(2)3/h5-11,15-19H,12-14H2,1-4H3,(H,32,33,35)/b21-11+. The lowest BCUT2D eigenvalue weighted by atomic mass is 10.1. The number of aryl methyl sites for hydroxylation is 2. The first-order valence-electron chi connectivity index (χ1n) is 13.2. The fraction of sp³-hybridized carbons (Fsp3) is 0.226. The predicted molar refractivity (Wildman–Crippen MR) is 158 cm³/mol. The minimum atomic E-state index is 0.0565. The molecule has 3 heterocycles. The van der Waals surface area contributed by atoms with Crippen LogP contribution in [-0.4, -0.2) is 57.5 Å². The van der Waals surface area contributed by atoms with Crippen LogP contribution in [0, 0.1) is 6.92 Å². The Labute approximate surface area is 232 Å². The van der Waals surface area contributed by atoms with Crippen LogP contribution in [0.5, 0.6) is 11.5 Å². The molecule has 0 aliphatic carbocycles. The van der Waals surface area contributed by atoms with Gasteiger partial charge in [-0.15, -0.1) is 0 Å². The number of likely N-dealkylation sites (N-methyl/N-ethyl adjacent to an activating group) is 1. The number of carbonyl (C=O) groups is 1. The molecule has 2 aromatic heterocycles. The Morgan fingerprint density at radius 2 is 1.90 bits per heavy atom. The Hall–Kier alpha value is -4.76. The van der Waals surface area contributed by atoms with Gasteiger partial charge in [0.05, 0.1) is 22.9 Å². The third-order valence-corrected chi connectivity index (χ3v) is 7.12. The van der Waals surface area contributed by atoms with Crippen LogP contribution in [0.3, 0.4) is 0 Å². The molecule has 6 rings (SSSR count). The monoisotopic (exact) mass is 533 g/mol. The zero-order chi connectivity index (χ0) is 27.8. The number of carbonyl (C=O) groups excluding carboxylic acids is 1. The first-order valence-corrected chi connectivity index (χ1v) is 13.2. The fourth-order valence-electron chi connectivity index (χ4n) is 4.94. The average Bonchev–Trinajstić information content (AvgIpc) is 3.50. The zero-order valence-electron chi connectivity index (χ0n) is 23.0. The Kier molecular flexibility index (Phi) is 6.65. The van der Waals surface area contributed by atoms with Crippen LogP contribution in [0.15, 0.2) is 78.9 Å². The molecule has 3 aromatic carbocycles. The Morgan fingerprint density at radius 3 is 2.73 bits per heavy atom. The summed E-state index contributed by atoms with van der Waals surface area (Å²) in [6.07, 6.45) is 6.10. The van der Waals surface area contributed by atoms with Crippen LogP contribution in [-0.2, 0) is 11.8 Å². The molecule has 1 fully saturated rings. The van der Waals surface area contributed by atoms with Gasteiger partial charge in [0.1, 0.15) is 23.6 Å². The number of benzene rings is 3. The van der Waals surface area contributed by atoms with Crippen LogP contribution < -0.4 is 15.0 Å². The highest BCUT2D eigenvalue weighted by Crippen LogP contribution is 2.33. The normalized spacial score (nSPS) is 14.7. The van der Waals surface area contributed by atoms with E-state index in [0.717, 1.165) is 68.9 Å². The fourth-order valence-corrected chi connectivity index (χ4v) is 4.94. The van der Waals surface area contributed by atoms with Crippen molar-refractivity contribution in [3.8, 4) is 11.5 Å². The van der Waals surface area contributed by atoms with E-state index in [1.165, 1.54) is 0 Å². The van der Waals surface area contributed by atoms with Gasteiger partial charge in [-0.2, -0.15) is 0 Å². The maximum atomic E-state index is 13.1. The number of ether oxygens (including phenoxy) is 1. The Bertz CT molecular complexity index is 1770. The molecule has 0 radical (unpaired) electrons. The highest BCUT2D eigenvalue weighted by molar-refractivity contribution is 6.09. The number of nitrogens with one attached hydrogen (secondary N) is 1. The molecular weight excluding hydrogens is 502 g/mol. The van der Waals surface area contributed by atoms with Crippen molar-refractivity contribution in [3.63, 3.8) is 0 Å². The van der Waals surface area contributed by atoms with Gasteiger partial charge in [-0.1, -0.05) is 6.08 Å². The van der Waals surface area contributed by atoms with Crippen molar-refractivity contribution in [3.05, 3.63) is 84.5 Å². The number of hydrogen-bond donors (Lipinski definition) is 1. The van der Waals surface area contributed by atoms with Crippen molar-refractivity contribution >= 4 is 45.0 Å². The van der Waals surface area contributed by atoms with E-state index in [1.54, 1.807) is 12.7 Å². The van der Waals surface area contributed by atoms with Gasteiger partial charge < -0.3 is 24.4 Å². The number of amides is 1. The van der Waals surface area contributed by atoms with Crippen molar-refractivity contribution < 1.29 is 9.53 Å². The highest BCUT2D eigenvalue weighted by Gasteiger charge is 2.27. The lowest BCUT2D eigenvalue weighted by Crippen LogP contribution is -2.24. The van der Waals surface area contributed by atoms with Gasteiger partial charge in [0.2, 0.25) is 0 Å². The van der Waals surface area contributed by atoms with Gasteiger partial charge in [-0.3, -0.25) is 4.79 Å². The number of aromatic nitrogens is 4. The summed E-state index contributed by atoms with van der Waals surface area (Å²) >= 11 is 0. The number of hydrogen-bond acceptors (Lipinski definition) is 7. The van der Waals surface area contributed by atoms with Crippen LogP contribution in [0.1, 0.15) is 12.0 Å². The van der Waals surface area contributed by atoms with Crippen LogP contribution in [0.4, 0.5) is 17.2 Å². The summed E-state index contributed by atoms with van der Waals surface area (Å²) in [6, 6.07) is 17.7. The number of nitrogens with zero attached hydrogens (tertiary/aromatic N) is 6. The van der Waals surface area contributed by atoms with E-state index in [2.05, 4.69) is 25.2 Å². The maximum Gasteiger partial charge on any atom is 0.253 e. The molecule has 1 N–H and O–H groups in total. The van der Waals surface area contributed by atoms with E-state index in [9.17, 15) is 4.79 Å². The SMILES string of the molecule is Cc1cc(Nc2ncnc3ccc(N4CC/C(=C\CN(C)C)C4=O)cc23)ccc1Oc1ccc2c(c1)ncn2C. The molecule has 1 saturated heterocycles. The minimum Gasteiger partial charge on any atom is -0.457 e. The largest absolute Gasteiger partial charge is 0.457 e. The van der Waals surface area contributed by atoms with Crippen LogP contribution in [0.25, 0.3) is 21.9 Å². The second-order valence-electron chi connectivity index (χ2n) is 10.3. The van der Waals surface area contributed by atoms with Crippen molar-refractivity contribution in [1.29, 1.82) is 0 Å². The molecule has 0 unspecified atom stereocenters. The van der Waals surface area contributed by atoms with E-state index < -0.39 is 0 Å². The van der Waals surface area contributed by atoms with Crippen molar-refractivity contribution in [1.82, 2.24) is 24.4 Å². The van der Waals surface area contributed by atoms with E-state index in [4.69, 9.17) is 4.74 Å². The molecule has 5 aromatic rings. The van der Waals surface area contributed by atoms with Crippen molar-refractivity contribution in [2.24, 2.45) is 7.05 Å². The van der Waals surface area contributed by atoms with Crippen molar-refractivity contribution in [2.45, 2.75) is 13.3 Å². The lowest BCUT2D eigenvalue weighted by Gasteiger charge is -2.17. The second kappa shape index (κ2) is 10.4. The first-order chi connectivity index (χ1) is 19.4. The average molecular weight is 534 g/mol. The highest BCUT2D eigenvalue weighted by atomic mass is 16.5. The number of anilines is 3. The molecule has 9 heteroatoms. The Balaban J connectivity index is 1.23. The third-order valence-electron chi connectivity index (χ3n) is 7.12. The zero-order valence-corrected chi connectivity index (χ0v) is 23.0. The van der Waals surface area contributed by atoms with Crippen molar-refractivity contribution in [2.75, 3.05) is 37.4 Å². The minimum absolute atomic E-state index is 0.0565. The molecule has 9 nitrogen and oxygen atoms in total. The smallest absolute Gasteiger partial charge is 0.253 e. The third kappa shape index (κ3) is 4.99. The predicted octanol–water partition coefficient (Wildman–Crippen LogP) is 5.59. The summed E-state index contributed by atoms with van der Waals surface area (Å²) in [7, 11) is 5.97. The molecule has 0 atom stereocenters. The summed E-state index contributed by atoms with van der Waals surface area (Å²) in [5.41, 5.74) is 6.30. The van der Waals surface area contributed by atoms with Gasteiger partial charge in [0, 0.05) is 48.5 Å². The van der Waals surface area contributed by atoms with E-state index in [-0.39, 0.29) is 5.91 Å². The molecular formula is C31H31N7O2. The number of imidazole rings is 1. The molecule has 0 saturated carbocycles. The lowest BCUT2D eigenvalue weighted by molar-refractivity contribution is -0.114. The summed E-state index contributed by atoms with van der Waals surface area (Å²) in [6.45, 7) is 3.42. The summed E-state index contributed by atoms with van der Waals surface area (Å²) < 4.78 is 8.16.